The van der Waals surface area contributed by atoms with Crippen LogP contribution in [0.3, 0.4) is 0 Å². The second kappa shape index (κ2) is 5.74. The Morgan fingerprint density at radius 2 is 1.83 bits per heavy atom. The Kier molecular flexibility index (Phi) is 3.56. The van der Waals surface area contributed by atoms with Crippen molar-refractivity contribution < 1.29 is 25.2 Å². The summed E-state index contributed by atoms with van der Waals surface area (Å²) in [5.41, 5.74) is -0.486. The van der Waals surface area contributed by atoms with E-state index in [0.717, 1.165) is 0 Å². The van der Waals surface area contributed by atoms with E-state index in [1.165, 1.54) is 4.57 Å². The zero-order chi connectivity index (χ0) is 20.6. The van der Waals surface area contributed by atoms with Crippen LogP contribution in [0.1, 0.15) is 36.5 Å². The van der Waals surface area contributed by atoms with Crippen LogP contribution in [-0.4, -0.2) is 37.7 Å². The summed E-state index contributed by atoms with van der Waals surface area (Å²) in [6.07, 6.45) is -0.458. The maximum absolute atomic E-state index is 11.2. The second-order valence-electron chi connectivity index (χ2n) is 7.92. The number of rotatable bonds is 3. The Morgan fingerprint density at radius 1 is 1.14 bits per heavy atom. The third kappa shape index (κ3) is 2.06. The first-order valence-electron chi connectivity index (χ1n) is 9.47. The minimum atomic E-state index is -1.18. The molecule has 3 aromatic rings. The Morgan fingerprint density at radius 3 is 2.52 bits per heavy atom. The summed E-state index contributed by atoms with van der Waals surface area (Å²) >= 11 is 0. The minimum Gasteiger partial charge on any atom is -0.494 e. The van der Waals surface area contributed by atoms with Crippen molar-refractivity contribution in [3.05, 3.63) is 53.1 Å². The van der Waals surface area contributed by atoms with Crippen LogP contribution in [0.25, 0.3) is 16.5 Å². The number of aliphatic hydroxyl groups excluding tert-OH is 2. The molecule has 2 aromatic carbocycles. The Balaban J connectivity index is 1.83. The van der Waals surface area contributed by atoms with Gasteiger partial charge in [-0.3, -0.25) is 4.57 Å². The SMILES string of the molecule is C[C@]12O[C@](CCO)(C[C@@H]1O)c1c2c(O)n(-c2ccc(C#N)c3ccccc23)c1O. The maximum Gasteiger partial charge on any atom is 0.205 e. The molecule has 0 unspecified atom stereocenters. The van der Waals surface area contributed by atoms with Crippen molar-refractivity contribution in [1.29, 1.82) is 5.26 Å². The topological polar surface area (TPSA) is 119 Å². The molecule has 2 aliphatic heterocycles. The molecule has 0 amide bonds. The van der Waals surface area contributed by atoms with Crippen LogP contribution < -0.4 is 0 Å². The molecule has 0 saturated carbocycles. The van der Waals surface area contributed by atoms with E-state index in [1.807, 2.05) is 24.3 Å². The van der Waals surface area contributed by atoms with Crippen LogP contribution in [0.15, 0.2) is 36.4 Å². The van der Waals surface area contributed by atoms with Crippen LogP contribution in [0.2, 0.25) is 0 Å². The molecule has 2 bridgehead atoms. The summed E-state index contributed by atoms with van der Waals surface area (Å²) in [7, 11) is 0. The average molecular weight is 392 g/mol. The molecule has 148 valence electrons. The lowest BCUT2D eigenvalue weighted by Crippen LogP contribution is -2.33. The molecule has 1 fully saturated rings. The summed E-state index contributed by atoms with van der Waals surface area (Å²) in [4.78, 5) is 0. The van der Waals surface area contributed by atoms with E-state index in [-0.39, 0.29) is 31.2 Å². The monoisotopic (exact) mass is 392 g/mol. The van der Waals surface area contributed by atoms with Crippen molar-refractivity contribution in [3.8, 4) is 23.5 Å². The quantitative estimate of drug-likeness (QED) is 0.544. The molecule has 0 radical (unpaired) electrons. The molecule has 5 rings (SSSR count). The molecule has 2 aliphatic rings. The van der Waals surface area contributed by atoms with Crippen molar-refractivity contribution >= 4 is 10.8 Å². The summed E-state index contributed by atoms with van der Waals surface area (Å²) in [6, 6.07) is 12.8. The first-order valence-corrected chi connectivity index (χ1v) is 9.47. The van der Waals surface area contributed by atoms with Crippen molar-refractivity contribution in [1.82, 2.24) is 4.57 Å². The molecular weight excluding hydrogens is 372 g/mol. The maximum atomic E-state index is 11.2. The molecule has 0 aliphatic carbocycles. The molecule has 3 heterocycles. The standard InChI is InChI=1S/C22H20N2O5/c1-21-16(26)10-22(29-21,8-9-25)18-17(21)19(27)24(20(18)28)15-7-6-12(11-23)13-4-2-3-5-14(13)15/h2-7,16,25-28H,8-10H2,1H3/t16-,21-,22+/m0/s1. The number of nitriles is 1. The molecule has 3 atom stereocenters. The molecule has 7 nitrogen and oxygen atoms in total. The van der Waals surface area contributed by atoms with Gasteiger partial charge in [-0.2, -0.15) is 5.26 Å². The lowest BCUT2D eigenvalue weighted by molar-refractivity contribution is -0.108. The van der Waals surface area contributed by atoms with E-state index < -0.39 is 17.3 Å². The van der Waals surface area contributed by atoms with E-state index in [9.17, 15) is 25.7 Å². The van der Waals surface area contributed by atoms with Gasteiger partial charge in [0.2, 0.25) is 11.8 Å². The van der Waals surface area contributed by atoms with Crippen LogP contribution in [-0.2, 0) is 15.9 Å². The van der Waals surface area contributed by atoms with Crippen molar-refractivity contribution in [2.24, 2.45) is 0 Å². The first-order chi connectivity index (χ1) is 13.9. The number of hydrogen-bond donors (Lipinski definition) is 4. The van der Waals surface area contributed by atoms with Gasteiger partial charge in [0, 0.05) is 30.2 Å². The van der Waals surface area contributed by atoms with Crippen molar-refractivity contribution in [2.75, 3.05) is 6.61 Å². The van der Waals surface area contributed by atoms with E-state index in [0.29, 0.717) is 33.2 Å². The number of fused-ring (bicyclic) bond motifs is 6. The van der Waals surface area contributed by atoms with Gasteiger partial charge in [-0.05, 0) is 19.1 Å². The Bertz CT molecular complexity index is 1210. The molecule has 1 saturated heterocycles. The predicted octanol–water partition coefficient (Wildman–Crippen LogP) is 2.50. The zero-order valence-corrected chi connectivity index (χ0v) is 15.8. The molecule has 0 spiro atoms. The number of aromatic hydroxyl groups is 2. The molecule has 4 N–H and O–H groups in total. The molecule has 29 heavy (non-hydrogen) atoms. The van der Waals surface area contributed by atoms with Crippen LogP contribution in [0.4, 0.5) is 0 Å². The number of aromatic nitrogens is 1. The highest BCUT2D eigenvalue weighted by atomic mass is 16.6. The number of nitrogens with zero attached hydrogens (tertiary/aromatic N) is 2. The average Bonchev–Trinajstić information content (AvgIpc) is 3.23. The summed E-state index contributed by atoms with van der Waals surface area (Å²) < 4.78 is 7.43. The number of aliphatic hydroxyl groups is 2. The highest BCUT2D eigenvalue weighted by molar-refractivity contribution is 5.95. The first kappa shape index (κ1) is 18.0. The van der Waals surface area contributed by atoms with Gasteiger partial charge in [-0.25, -0.2) is 0 Å². The fourth-order valence-electron chi connectivity index (χ4n) is 5.11. The Labute approximate surface area is 166 Å². The van der Waals surface area contributed by atoms with Gasteiger partial charge in [0.15, 0.2) is 0 Å². The minimum absolute atomic E-state index is 0.184. The van der Waals surface area contributed by atoms with Gasteiger partial charge >= 0.3 is 0 Å². The van der Waals surface area contributed by atoms with Crippen LogP contribution >= 0.6 is 0 Å². The fraction of sp³-hybridized carbons (Fsp3) is 0.318. The zero-order valence-electron chi connectivity index (χ0n) is 15.8. The number of ether oxygens (including phenoxy) is 1. The Hall–Kier alpha value is -3.05. The van der Waals surface area contributed by atoms with Crippen LogP contribution in [0, 0.1) is 11.3 Å². The van der Waals surface area contributed by atoms with Gasteiger partial charge in [-0.15, -0.1) is 0 Å². The lowest BCUT2D eigenvalue weighted by Gasteiger charge is -2.26. The molecular formula is C22H20N2O5. The molecule has 1 aromatic heterocycles. The second-order valence-corrected chi connectivity index (χ2v) is 7.92. The van der Waals surface area contributed by atoms with E-state index in [1.54, 1.807) is 19.1 Å². The summed E-state index contributed by atoms with van der Waals surface area (Å²) in [5.74, 6) is -0.398. The largest absolute Gasteiger partial charge is 0.494 e. The van der Waals surface area contributed by atoms with E-state index in [2.05, 4.69) is 6.07 Å². The smallest absolute Gasteiger partial charge is 0.205 e. The summed E-state index contributed by atoms with van der Waals surface area (Å²) in [5, 5.41) is 53.3. The third-order valence-electron chi connectivity index (χ3n) is 6.42. The van der Waals surface area contributed by atoms with E-state index in [4.69, 9.17) is 4.74 Å². The van der Waals surface area contributed by atoms with Gasteiger partial charge < -0.3 is 25.2 Å². The van der Waals surface area contributed by atoms with Crippen LogP contribution in [0.5, 0.6) is 11.8 Å². The van der Waals surface area contributed by atoms with Gasteiger partial charge in [0.1, 0.15) is 11.2 Å². The molecule has 7 heteroatoms. The summed E-state index contributed by atoms with van der Waals surface area (Å²) in [6.45, 7) is 1.50. The normalized spacial score (nSPS) is 27.3. The number of hydrogen-bond acceptors (Lipinski definition) is 6. The highest BCUT2D eigenvalue weighted by Gasteiger charge is 2.65. The van der Waals surface area contributed by atoms with Crippen molar-refractivity contribution in [3.63, 3.8) is 0 Å². The predicted molar refractivity (Wildman–Crippen MR) is 104 cm³/mol. The third-order valence-corrected chi connectivity index (χ3v) is 6.42. The lowest BCUT2D eigenvalue weighted by atomic mass is 9.76. The van der Waals surface area contributed by atoms with Gasteiger partial charge in [-0.1, -0.05) is 24.3 Å². The van der Waals surface area contributed by atoms with Gasteiger partial charge in [0.05, 0.1) is 34.6 Å². The van der Waals surface area contributed by atoms with E-state index >= 15 is 0 Å². The number of benzene rings is 2. The van der Waals surface area contributed by atoms with Crippen molar-refractivity contribution in [2.45, 2.75) is 37.1 Å². The van der Waals surface area contributed by atoms with Gasteiger partial charge in [0.25, 0.3) is 0 Å². The fourth-order valence-corrected chi connectivity index (χ4v) is 5.11. The highest BCUT2D eigenvalue weighted by Crippen LogP contribution is 2.65.